The lowest BCUT2D eigenvalue weighted by Gasteiger charge is -2.23. The van der Waals surface area contributed by atoms with Crippen LogP contribution in [0.15, 0.2) is 76.1 Å². The highest BCUT2D eigenvalue weighted by Gasteiger charge is 2.24. The molecule has 170 valence electrons. The van der Waals surface area contributed by atoms with Crippen molar-refractivity contribution < 1.29 is 13.2 Å². The number of nitrogens with one attached hydrogen (secondary N) is 1. The van der Waals surface area contributed by atoms with E-state index in [1.807, 2.05) is 6.07 Å². The second-order valence-corrected chi connectivity index (χ2v) is 11.8. The second kappa shape index (κ2) is 9.64. The molecule has 0 aliphatic rings. The molecule has 0 saturated carbocycles. The number of thiophene rings is 1. The van der Waals surface area contributed by atoms with Crippen molar-refractivity contribution in [2.45, 2.75) is 11.8 Å². The predicted octanol–water partition coefficient (Wildman–Crippen LogP) is 7.44. The summed E-state index contributed by atoms with van der Waals surface area (Å²) in [5.74, 6) is -0.300. The summed E-state index contributed by atoms with van der Waals surface area (Å²) in [6.45, 7) is 2.04. The summed E-state index contributed by atoms with van der Waals surface area (Å²) in [6, 6.07) is 18.4. The first-order valence-corrected chi connectivity index (χ1v) is 13.6. The standard InChI is InChI=1S/C23H17BrCl2N2O3S2/c1-2-28(33(30,31)20-6-3-15(24)4-7-20)19-5-8-21-14(9-19)10-22(32-21)23(29)27-18-12-16(25)11-17(26)13-18/h3-13H,2H2,1H3,(H,27,29). The molecule has 0 spiro atoms. The predicted molar refractivity (Wildman–Crippen MR) is 141 cm³/mol. The van der Waals surface area contributed by atoms with Crippen LogP contribution in [0.5, 0.6) is 0 Å². The number of carbonyl (C=O) groups is 1. The molecule has 0 unspecified atom stereocenters. The Morgan fingerprint density at radius 1 is 1.00 bits per heavy atom. The zero-order valence-corrected chi connectivity index (χ0v) is 21.9. The maximum Gasteiger partial charge on any atom is 0.265 e. The van der Waals surface area contributed by atoms with E-state index in [-0.39, 0.29) is 17.3 Å². The molecule has 1 amide bonds. The van der Waals surface area contributed by atoms with Gasteiger partial charge in [0, 0.05) is 31.5 Å². The summed E-state index contributed by atoms with van der Waals surface area (Å²) in [5.41, 5.74) is 1.02. The molecule has 1 N–H and O–H groups in total. The third kappa shape index (κ3) is 5.20. The number of sulfonamides is 1. The molecular formula is C23H17BrCl2N2O3S2. The molecule has 0 saturated heterocycles. The highest BCUT2D eigenvalue weighted by Crippen LogP contribution is 2.33. The van der Waals surface area contributed by atoms with Gasteiger partial charge >= 0.3 is 0 Å². The molecule has 0 atom stereocenters. The fourth-order valence-electron chi connectivity index (χ4n) is 3.34. The largest absolute Gasteiger partial charge is 0.321 e. The van der Waals surface area contributed by atoms with Crippen LogP contribution in [0.2, 0.25) is 10.0 Å². The summed E-state index contributed by atoms with van der Waals surface area (Å²) in [7, 11) is -3.74. The van der Waals surface area contributed by atoms with Gasteiger partial charge in [-0.25, -0.2) is 8.42 Å². The number of amides is 1. The molecule has 10 heteroatoms. The van der Waals surface area contributed by atoms with Crippen LogP contribution in [-0.2, 0) is 10.0 Å². The van der Waals surface area contributed by atoms with Crippen molar-refractivity contribution >= 4 is 87.9 Å². The fraction of sp³-hybridized carbons (Fsp3) is 0.0870. The zero-order valence-electron chi connectivity index (χ0n) is 17.2. The Balaban J connectivity index is 1.64. The third-order valence-electron chi connectivity index (χ3n) is 4.82. The van der Waals surface area contributed by atoms with E-state index in [1.165, 1.54) is 15.6 Å². The Kier molecular flexibility index (Phi) is 7.02. The molecule has 4 aromatic rings. The quantitative estimate of drug-likeness (QED) is 0.256. The average Bonchev–Trinajstić information content (AvgIpc) is 3.17. The smallest absolute Gasteiger partial charge is 0.265 e. The van der Waals surface area contributed by atoms with E-state index < -0.39 is 10.0 Å². The van der Waals surface area contributed by atoms with E-state index in [9.17, 15) is 13.2 Å². The summed E-state index contributed by atoms with van der Waals surface area (Å²) < 4.78 is 29.4. The molecule has 4 rings (SSSR count). The zero-order chi connectivity index (χ0) is 23.8. The molecule has 1 aromatic heterocycles. The van der Waals surface area contributed by atoms with Crippen LogP contribution in [0.25, 0.3) is 10.1 Å². The van der Waals surface area contributed by atoms with Gasteiger partial charge in [0.15, 0.2) is 0 Å². The average molecular weight is 584 g/mol. The number of benzene rings is 3. The summed E-state index contributed by atoms with van der Waals surface area (Å²) in [4.78, 5) is 13.4. The molecule has 1 heterocycles. The topological polar surface area (TPSA) is 66.5 Å². The van der Waals surface area contributed by atoms with Crippen molar-refractivity contribution in [3.63, 3.8) is 0 Å². The van der Waals surface area contributed by atoms with Crippen LogP contribution in [0.3, 0.4) is 0 Å². The molecule has 33 heavy (non-hydrogen) atoms. The minimum atomic E-state index is -3.74. The van der Waals surface area contributed by atoms with Crippen molar-refractivity contribution in [2.75, 3.05) is 16.2 Å². The first-order chi connectivity index (χ1) is 15.7. The summed E-state index contributed by atoms with van der Waals surface area (Å²) >= 11 is 16.7. The van der Waals surface area contributed by atoms with Gasteiger partial charge in [-0.3, -0.25) is 9.10 Å². The van der Waals surface area contributed by atoms with Gasteiger partial charge in [0.1, 0.15) is 0 Å². The Morgan fingerprint density at radius 2 is 1.67 bits per heavy atom. The SMILES string of the molecule is CCN(c1ccc2sc(C(=O)Nc3cc(Cl)cc(Cl)c3)cc2c1)S(=O)(=O)c1ccc(Br)cc1. The van der Waals surface area contributed by atoms with Crippen LogP contribution in [0.4, 0.5) is 11.4 Å². The number of halogens is 3. The Morgan fingerprint density at radius 3 is 2.30 bits per heavy atom. The number of hydrogen-bond acceptors (Lipinski definition) is 4. The van der Waals surface area contributed by atoms with Crippen molar-refractivity contribution in [1.29, 1.82) is 0 Å². The first-order valence-electron chi connectivity index (χ1n) is 9.77. The minimum absolute atomic E-state index is 0.207. The highest BCUT2D eigenvalue weighted by atomic mass is 79.9. The number of fused-ring (bicyclic) bond motifs is 1. The van der Waals surface area contributed by atoms with Gasteiger partial charge in [0.2, 0.25) is 0 Å². The molecule has 0 bridgehead atoms. The number of carbonyl (C=O) groups excluding carboxylic acids is 1. The second-order valence-electron chi connectivity index (χ2n) is 7.07. The molecular weight excluding hydrogens is 567 g/mol. The molecule has 0 radical (unpaired) electrons. The van der Waals surface area contributed by atoms with Gasteiger partial charge in [-0.15, -0.1) is 11.3 Å². The number of rotatable bonds is 6. The Bertz CT molecular complexity index is 1430. The lowest BCUT2D eigenvalue weighted by Crippen LogP contribution is -2.30. The van der Waals surface area contributed by atoms with E-state index in [0.29, 0.717) is 26.3 Å². The van der Waals surface area contributed by atoms with Crippen molar-refractivity contribution in [3.8, 4) is 0 Å². The summed E-state index contributed by atoms with van der Waals surface area (Å²) in [5, 5.41) is 4.41. The maximum atomic E-state index is 13.2. The van der Waals surface area contributed by atoms with Gasteiger partial charge in [-0.1, -0.05) is 39.1 Å². The molecule has 0 aliphatic carbocycles. The van der Waals surface area contributed by atoms with E-state index in [4.69, 9.17) is 23.2 Å². The Labute approximate surface area is 214 Å². The lowest BCUT2D eigenvalue weighted by molar-refractivity contribution is 0.103. The molecule has 0 aliphatic heterocycles. The maximum absolute atomic E-state index is 13.2. The summed E-state index contributed by atoms with van der Waals surface area (Å²) in [6.07, 6.45) is 0. The van der Waals surface area contributed by atoms with Crippen LogP contribution < -0.4 is 9.62 Å². The van der Waals surface area contributed by atoms with Crippen molar-refractivity contribution in [1.82, 2.24) is 0 Å². The normalized spacial score (nSPS) is 11.5. The van der Waals surface area contributed by atoms with Crippen molar-refractivity contribution in [2.24, 2.45) is 0 Å². The van der Waals surface area contributed by atoms with Gasteiger partial charge in [-0.05, 0) is 79.0 Å². The fourth-order valence-corrected chi connectivity index (χ4v) is 6.54. The third-order valence-corrected chi connectivity index (χ3v) is 8.82. The van der Waals surface area contributed by atoms with Crippen LogP contribution in [0, 0.1) is 0 Å². The van der Waals surface area contributed by atoms with Crippen LogP contribution in [-0.4, -0.2) is 20.9 Å². The molecule has 3 aromatic carbocycles. The number of hydrogen-bond donors (Lipinski definition) is 1. The van der Waals surface area contributed by atoms with Gasteiger partial charge in [0.25, 0.3) is 15.9 Å². The van der Waals surface area contributed by atoms with E-state index in [1.54, 1.807) is 67.6 Å². The van der Waals surface area contributed by atoms with Gasteiger partial charge < -0.3 is 5.32 Å². The minimum Gasteiger partial charge on any atom is -0.321 e. The molecule has 0 fully saturated rings. The highest BCUT2D eigenvalue weighted by molar-refractivity contribution is 9.10. The van der Waals surface area contributed by atoms with Crippen LogP contribution >= 0.6 is 50.5 Å². The van der Waals surface area contributed by atoms with E-state index in [2.05, 4.69) is 21.2 Å². The first kappa shape index (κ1) is 24.0. The Hall–Kier alpha value is -2.10. The number of nitrogens with zero attached hydrogens (tertiary/aromatic N) is 1. The van der Waals surface area contributed by atoms with Crippen molar-refractivity contribution in [3.05, 3.63) is 86.1 Å². The monoisotopic (exact) mass is 582 g/mol. The number of anilines is 2. The lowest BCUT2D eigenvalue weighted by atomic mass is 10.2. The van der Waals surface area contributed by atoms with Gasteiger partial charge in [-0.2, -0.15) is 0 Å². The van der Waals surface area contributed by atoms with E-state index in [0.717, 1.165) is 14.6 Å². The van der Waals surface area contributed by atoms with Gasteiger partial charge in [0.05, 0.1) is 15.5 Å². The molecule has 5 nitrogen and oxygen atoms in total. The van der Waals surface area contributed by atoms with E-state index >= 15 is 0 Å². The van der Waals surface area contributed by atoms with Crippen LogP contribution in [0.1, 0.15) is 16.6 Å².